The number of carbonyl (C=O) groups excluding carboxylic acids is 10. The summed E-state index contributed by atoms with van der Waals surface area (Å²) in [5, 5.41) is 51.4. The van der Waals surface area contributed by atoms with Crippen LogP contribution in [0.1, 0.15) is 104 Å². The van der Waals surface area contributed by atoms with Gasteiger partial charge in [-0.15, -0.1) is 0 Å². The number of unbranched alkanes of at least 4 members (excludes halogenated alkanes) is 2. The largest absolute Gasteiger partial charge is 0.481 e. The molecule has 2 aliphatic heterocycles. The molecule has 1 aromatic carbocycles. The number of amides is 10. The Labute approximate surface area is 428 Å². The molecule has 1 aromatic rings. The van der Waals surface area contributed by atoms with Crippen molar-refractivity contribution in [2.24, 2.45) is 11.7 Å². The number of hydrogen-bond donors (Lipinski definition) is 13. The SMILES string of the molecule is CCCCC[C@H](NC(=O)[C@@H]1CCCN1C(=O)CNC(=O)[C@H](C)NC(=O)[C@H](CC(C)C)NC(=O)[C@H](Cc1ccccc1)NC(=O)[C@H](CC(=O)O)NC(=O)[C@H](CCC(N)=O)NC(=O)CNC(=O)[C@@H]1C[C@@H](O)CN1)C(=O)O. The molecule has 410 valence electrons. The standard InChI is InChI=1S/C48H73N11O15/c1-5-6-8-14-31(48(73)74)55-47(72)36-15-11-18-59(36)39(63)25-52-41(66)27(4)53-44(69)33(19-26(2)3)56-45(70)34(20-28-12-9-7-10-13-28)57-46(71)35(22-40(64)65)58-43(68)30(16-17-37(49)61)54-38(62)24-51-42(67)32-21-29(60)23-50-32/h7,9-10,12-13,26-27,29-36,50,60H,5-6,8,11,14-25H2,1-4H3,(H2,49,61)(H,51,67)(H,52,66)(H,53,69)(H,54,62)(H,55,72)(H,56,70)(H,57,71)(H,58,68)(H,64,65)(H,73,74)/t27-,29+,30-,31-,32-,33-,34-,35-,36-/m0/s1. The number of nitrogens with one attached hydrogen (secondary N) is 9. The molecule has 0 saturated carbocycles. The van der Waals surface area contributed by atoms with Gasteiger partial charge in [-0.25, -0.2) is 4.79 Å². The van der Waals surface area contributed by atoms with Crippen molar-refractivity contribution in [2.75, 3.05) is 26.2 Å². The molecule has 14 N–H and O–H groups in total. The highest BCUT2D eigenvalue weighted by molar-refractivity contribution is 5.98. The Hall–Kier alpha value is -7.22. The molecule has 0 spiro atoms. The van der Waals surface area contributed by atoms with Gasteiger partial charge < -0.3 is 73.8 Å². The van der Waals surface area contributed by atoms with Crippen molar-refractivity contribution in [3.8, 4) is 0 Å². The van der Waals surface area contributed by atoms with E-state index in [1.54, 1.807) is 44.2 Å². The number of rotatable bonds is 31. The monoisotopic (exact) mass is 1040 g/mol. The zero-order valence-corrected chi connectivity index (χ0v) is 42.2. The highest BCUT2D eigenvalue weighted by Crippen LogP contribution is 2.18. The van der Waals surface area contributed by atoms with Crippen LogP contribution < -0.4 is 53.6 Å². The lowest BCUT2D eigenvalue weighted by Crippen LogP contribution is -2.60. The van der Waals surface area contributed by atoms with Crippen molar-refractivity contribution in [1.82, 2.24) is 52.8 Å². The van der Waals surface area contributed by atoms with Crippen molar-refractivity contribution in [3.05, 3.63) is 35.9 Å². The first-order valence-corrected chi connectivity index (χ1v) is 24.8. The highest BCUT2D eigenvalue weighted by atomic mass is 16.4. The van der Waals surface area contributed by atoms with Gasteiger partial charge in [-0.3, -0.25) is 52.7 Å². The van der Waals surface area contributed by atoms with Crippen LogP contribution in [0.5, 0.6) is 0 Å². The van der Waals surface area contributed by atoms with Gasteiger partial charge in [0.2, 0.25) is 59.1 Å². The van der Waals surface area contributed by atoms with E-state index in [1.165, 1.54) is 11.8 Å². The molecule has 0 bridgehead atoms. The molecule has 3 rings (SSSR count). The molecule has 2 saturated heterocycles. The van der Waals surface area contributed by atoms with Crippen LogP contribution in [-0.2, 0) is 64.0 Å². The van der Waals surface area contributed by atoms with E-state index < -0.39 is 158 Å². The Morgan fingerprint density at radius 1 is 0.716 bits per heavy atom. The van der Waals surface area contributed by atoms with Crippen LogP contribution in [0, 0.1) is 5.92 Å². The number of carboxylic acid groups (broad SMARTS) is 2. The highest BCUT2D eigenvalue weighted by Gasteiger charge is 2.37. The summed E-state index contributed by atoms with van der Waals surface area (Å²) in [5.41, 5.74) is 5.80. The number of nitrogens with two attached hydrogens (primary N) is 1. The lowest BCUT2D eigenvalue weighted by molar-refractivity contribution is -0.144. The molecule has 2 aliphatic rings. The van der Waals surface area contributed by atoms with E-state index in [4.69, 9.17) is 5.73 Å². The number of benzene rings is 1. The maximum absolute atomic E-state index is 14.2. The van der Waals surface area contributed by atoms with E-state index in [1.807, 2.05) is 6.92 Å². The van der Waals surface area contributed by atoms with E-state index >= 15 is 0 Å². The fourth-order valence-electron chi connectivity index (χ4n) is 8.23. The van der Waals surface area contributed by atoms with E-state index in [0.717, 1.165) is 12.8 Å². The van der Waals surface area contributed by atoms with Gasteiger partial charge in [-0.2, -0.15) is 0 Å². The summed E-state index contributed by atoms with van der Waals surface area (Å²) in [6.07, 6.45) is 0.523. The van der Waals surface area contributed by atoms with Crippen molar-refractivity contribution in [1.29, 1.82) is 0 Å². The Bertz CT molecular complexity index is 2160. The maximum Gasteiger partial charge on any atom is 0.326 e. The summed E-state index contributed by atoms with van der Waals surface area (Å²) in [5.74, 6) is -11.3. The second kappa shape index (κ2) is 30.7. The van der Waals surface area contributed by atoms with Gasteiger partial charge >= 0.3 is 11.9 Å². The van der Waals surface area contributed by atoms with Crippen LogP contribution in [0.4, 0.5) is 0 Å². The molecule has 0 unspecified atom stereocenters. The molecule has 2 fully saturated rings. The Morgan fingerprint density at radius 3 is 1.96 bits per heavy atom. The fraction of sp³-hybridized carbons (Fsp3) is 0.625. The third-order valence-corrected chi connectivity index (χ3v) is 12.2. The Balaban J connectivity index is 1.72. The summed E-state index contributed by atoms with van der Waals surface area (Å²) >= 11 is 0. The van der Waals surface area contributed by atoms with Gasteiger partial charge in [0.1, 0.15) is 42.3 Å². The minimum atomic E-state index is -1.88. The average molecular weight is 1040 g/mol. The molecular weight excluding hydrogens is 971 g/mol. The number of hydrogen-bond acceptors (Lipinski definition) is 14. The first-order valence-electron chi connectivity index (χ1n) is 24.8. The fourth-order valence-corrected chi connectivity index (χ4v) is 8.23. The van der Waals surface area contributed by atoms with Gasteiger partial charge in [0, 0.05) is 25.9 Å². The molecule has 0 aliphatic carbocycles. The zero-order valence-electron chi connectivity index (χ0n) is 42.2. The van der Waals surface area contributed by atoms with Gasteiger partial charge in [0.15, 0.2) is 0 Å². The zero-order chi connectivity index (χ0) is 55.1. The first kappa shape index (κ1) is 61.1. The number of primary amides is 1. The number of aliphatic hydroxyl groups excluding tert-OH is 1. The molecule has 26 nitrogen and oxygen atoms in total. The third kappa shape index (κ3) is 21.1. The Kier molecular flexibility index (Phi) is 25.4. The van der Waals surface area contributed by atoms with Crippen LogP contribution in [0.2, 0.25) is 0 Å². The third-order valence-electron chi connectivity index (χ3n) is 12.2. The lowest BCUT2D eigenvalue weighted by atomic mass is 10.0. The number of likely N-dealkylation sites (tertiary alicyclic amines) is 1. The second-order valence-electron chi connectivity index (χ2n) is 18.9. The molecule has 0 radical (unpaired) electrons. The van der Waals surface area contributed by atoms with E-state index in [0.29, 0.717) is 18.4 Å². The summed E-state index contributed by atoms with van der Waals surface area (Å²) in [7, 11) is 0. The van der Waals surface area contributed by atoms with Crippen molar-refractivity contribution in [3.63, 3.8) is 0 Å². The number of carboxylic acids is 2. The summed E-state index contributed by atoms with van der Waals surface area (Å²) in [4.78, 5) is 157. The number of carbonyl (C=O) groups is 12. The van der Waals surface area contributed by atoms with E-state index in [9.17, 15) is 72.9 Å². The van der Waals surface area contributed by atoms with Gasteiger partial charge in [0.05, 0.1) is 31.7 Å². The van der Waals surface area contributed by atoms with Gasteiger partial charge in [0.25, 0.3) is 0 Å². The molecule has 10 amide bonds. The van der Waals surface area contributed by atoms with Crippen LogP contribution in [0.25, 0.3) is 0 Å². The second-order valence-corrected chi connectivity index (χ2v) is 18.9. The van der Waals surface area contributed by atoms with Crippen LogP contribution in [-0.4, -0.2) is 172 Å². The number of aliphatic carboxylic acids is 2. The molecule has 26 heteroatoms. The van der Waals surface area contributed by atoms with Crippen molar-refractivity contribution in [2.45, 2.75) is 159 Å². The minimum Gasteiger partial charge on any atom is -0.481 e. The van der Waals surface area contributed by atoms with Crippen LogP contribution in [0.15, 0.2) is 30.3 Å². The predicted octanol–water partition coefficient (Wildman–Crippen LogP) is -3.44. The number of aliphatic hydroxyl groups is 1. The molecule has 9 atom stereocenters. The van der Waals surface area contributed by atoms with Crippen molar-refractivity contribution >= 4 is 71.0 Å². The molecule has 74 heavy (non-hydrogen) atoms. The first-order chi connectivity index (χ1) is 35.0. The average Bonchev–Trinajstić information content (AvgIpc) is 4.02. The quantitative estimate of drug-likeness (QED) is 0.0322. The summed E-state index contributed by atoms with van der Waals surface area (Å²) in [6, 6.07) is -2.10. The van der Waals surface area contributed by atoms with E-state index in [2.05, 4.69) is 47.9 Å². The molecular formula is C48H73N11O15. The molecule has 0 aromatic heterocycles. The topological polar surface area (TPSA) is 403 Å². The van der Waals surface area contributed by atoms with Gasteiger partial charge in [-0.1, -0.05) is 70.4 Å². The van der Waals surface area contributed by atoms with Gasteiger partial charge in [-0.05, 0) is 56.9 Å². The minimum absolute atomic E-state index is 0.0243. The van der Waals surface area contributed by atoms with Crippen molar-refractivity contribution < 1.29 is 72.9 Å². The van der Waals surface area contributed by atoms with E-state index in [-0.39, 0.29) is 51.1 Å². The number of nitrogens with zero attached hydrogens (tertiary/aromatic N) is 1. The maximum atomic E-state index is 14.2. The summed E-state index contributed by atoms with van der Waals surface area (Å²) < 4.78 is 0. The predicted molar refractivity (Wildman–Crippen MR) is 262 cm³/mol. The van der Waals surface area contributed by atoms with Crippen LogP contribution in [0.3, 0.4) is 0 Å². The Morgan fingerprint density at radius 2 is 1.35 bits per heavy atom. The number of β-amino-alcohol motifs (C(OH)–C–C–N with tert-alkyl or cyclic N) is 1. The normalized spacial score (nSPS) is 18.5. The smallest absolute Gasteiger partial charge is 0.326 e. The summed E-state index contributed by atoms with van der Waals surface area (Å²) in [6.45, 7) is 5.98. The lowest BCUT2D eigenvalue weighted by Gasteiger charge is -2.27. The van der Waals surface area contributed by atoms with Crippen LogP contribution >= 0.6 is 0 Å². The molecule has 2 heterocycles.